The minimum absolute atomic E-state index is 0.0280. The Morgan fingerprint density at radius 2 is 2.06 bits per heavy atom. The van der Waals surface area contributed by atoms with Gasteiger partial charge in [-0.3, -0.25) is 4.90 Å². The lowest BCUT2D eigenvalue weighted by Gasteiger charge is -2.31. The van der Waals surface area contributed by atoms with Gasteiger partial charge in [0.1, 0.15) is 35.6 Å². The zero-order valence-corrected chi connectivity index (χ0v) is 17.8. The summed E-state index contributed by atoms with van der Waals surface area (Å²) in [6.07, 6.45) is 8.65. The fourth-order valence-corrected chi connectivity index (χ4v) is 3.82. The van der Waals surface area contributed by atoms with E-state index in [0.717, 1.165) is 31.3 Å². The van der Waals surface area contributed by atoms with Crippen molar-refractivity contribution >= 4 is 34.0 Å². The highest BCUT2D eigenvalue weighted by Gasteiger charge is 2.22. The Morgan fingerprint density at radius 1 is 1.26 bits per heavy atom. The van der Waals surface area contributed by atoms with E-state index in [2.05, 4.69) is 26.1 Å². The van der Waals surface area contributed by atoms with Crippen LogP contribution in [0.1, 0.15) is 12.8 Å². The number of benzene rings is 2. The molecule has 6 nitrogen and oxygen atoms in total. The van der Waals surface area contributed by atoms with E-state index in [1.54, 1.807) is 13.2 Å². The number of piperidine rings is 1. The van der Waals surface area contributed by atoms with Gasteiger partial charge in [-0.25, -0.2) is 14.4 Å². The summed E-state index contributed by atoms with van der Waals surface area (Å²) >= 11 is 5.93. The summed E-state index contributed by atoms with van der Waals surface area (Å²) in [5, 5.41) is 3.95. The van der Waals surface area contributed by atoms with Gasteiger partial charge in [-0.2, -0.15) is 0 Å². The molecule has 1 N–H and O–H groups in total. The van der Waals surface area contributed by atoms with E-state index in [1.165, 1.54) is 18.5 Å². The predicted molar refractivity (Wildman–Crippen MR) is 120 cm³/mol. The molecule has 0 amide bonds. The van der Waals surface area contributed by atoms with E-state index in [1.807, 2.05) is 12.1 Å². The molecule has 0 atom stereocenters. The number of ether oxygens (including phenoxy) is 2. The van der Waals surface area contributed by atoms with Gasteiger partial charge in [0.2, 0.25) is 0 Å². The average molecular weight is 441 g/mol. The minimum Gasteiger partial charge on any atom is -0.497 e. The number of hydrogen-bond donors (Lipinski definition) is 1. The van der Waals surface area contributed by atoms with Crippen LogP contribution in [0.5, 0.6) is 11.5 Å². The second-order valence-electron chi connectivity index (χ2n) is 7.29. The van der Waals surface area contributed by atoms with Crippen LogP contribution < -0.4 is 14.8 Å². The summed E-state index contributed by atoms with van der Waals surface area (Å²) in [4.78, 5) is 11.0. The lowest BCUT2D eigenvalue weighted by Crippen LogP contribution is -2.38. The van der Waals surface area contributed by atoms with Crippen molar-refractivity contribution in [2.24, 2.45) is 0 Å². The second-order valence-corrected chi connectivity index (χ2v) is 7.70. The van der Waals surface area contributed by atoms with E-state index < -0.39 is 5.82 Å². The fraction of sp³-hybridized carbons (Fsp3) is 0.304. The molecule has 1 fully saturated rings. The molecule has 2 aromatic carbocycles. The van der Waals surface area contributed by atoms with Gasteiger partial charge in [0.15, 0.2) is 0 Å². The molecule has 1 aromatic heterocycles. The Bertz CT molecular complexity index is 1130. The third-order valence-corrected chi connectivity index (χ3v) is 5.53. The van der Waals surface area contributed by atoms with Crippen molar-refractivity contribution in [2.45, 2.75) is 18.9 Å². The Kier molecular flexibility index (Phi) is 6.40. The van der Waals surface area contributed by atoms with Crippen LogP contribution in [0.25, 0.3) is 10.9 Å². The Hall–Kier alpha value is -3.08. The van der Waals surface area contributed by atoms with Crippen LogP contribution in [0.4, 0.5) is 15.9 Å². The zero-order valence-electron chi connectivity index (χ0n) is 17.1. The standard InChI is InChI=1S/C23H22ClFN4O2/c1-3-8-29-9-6-16(7-10-29)31-21-13-17(30-2)12-20-22(21)23(27-14-26-20)28-15-4-5-19(25)18(24)11-15/h1,4-5,11-14,16H,6-10H2,2H3,(H,26,27,28). The third-order valence-electron chi connectivity index (χ3n) is 5.24. The number of methoxy groups -OCH3 is 1. The molecule has 1 saturated heterocycles. The van der Waals surface area contributed by atoms with Gasteiger partial charge in [-0.05, 0) is 31.0 Å². The summed E-state index contributed by atoms with van der Waals surface area (Å²) in [6, 6.07) is 8.07. The maximum absolute atomic E-state index is 13.5. The smallest absolute Gasteiger partial charge is 0.145 e. The highest BCUT2D eigenvalue weighted by molar-refractivity contribution is 6.31. The topological polar surface area (TPSA) is 59.5 Å². The van der Waals surface area contributed by atoms with E-state index in [9.17, 15) is 4.39 Å². The van der Waals surface area contributed by atoms with E-state index >= 15 is 0 Å². The van der Waals surface area contributed by atoms with Gasteiger partial charge in [0, 0.05) is 30.9 Å². The van der Waals surface area contributed by atoms with Gasteiger partial charge in [0.25, 0.3) is 0 Å². The molecule has 1 aliphatic heterocycles. The SMILES string of the molecule is C#CCN1CCC(Oc2cc(OC)cc3ncnc(Nc4ccc(F)c(Cl)c4)c23)CC1. The maximum atomic E-state index is 13.5. The first-order chi connectivity index (χ1) is 15.1. The summed E-state index contributed by atoms with van der Waals surface area (Å²) in [5.41, 5.74) is 1.28. The number of halogens is 2. The number of rotatable bonds is 6. The van der Waals surface area contributed by atoms with Gasteiger partial charge in [-0.1, -0.05) is 17.5 Å². The van der Waals surface area contributed by atoms with Crippen LogP contribution in [0.3, 0.4) is 0 Å². The highest BCUT2D eigenvalue weighted by atomic mass is 35.5. The molecule has 0 bridgehead atoms. The number of nitrogens with one attached hydrogen (secondary N) is 1. The Balaban J connectivity index is 1.66. The van der Waals surface area contributed by atoms with Crippen LogP contribution >= 0.6 is 11.6 Å². The number of terminal acetylenes is 1. The average Bonchev–Trinajstić information content (AvgIpc) is 2.77. The van der Waals surface area contributed by atoms with Crippen LogP contribution in [-0.4, -0.2) is 47.7 Å². The van der Waals surface area contributed by atoms with E-state index in [0.29, 0.717) is 35.1 Å². The Morgan fingerprint density at radius 3 is 2.77 bits per heavy atom. The maximum Gasteiger partial charge on any atom is 0.145 e. The van der Waals surface area contributed by atoms with Crippen LogP contribution in [0, 0.1) is 18.2 Å². The highest BCUT2D eigenvalue weighted by Crippen LogP contribution is 2.37. The second kappa shape index (κ2) is 9.38. The molecule has 3 aromatic rings. The summed E-state index contributed by atoms with van der Waals surface area (Å²) < 4.78 is 25.4. The number of fused-ring (bicyclic) bond motifs is 1. The quantitative estimate of drug-likeness (QED) is 0.563. The number of nitrogens with zero attached hydrogens (tertiary/aromatic N) is 3. The molecule has 0 spiro atoms. The summed E-state index contributed by atoms with van der Waals surface area (Å²) in [6.45, 7) is 2.41. The first kappa shape index (κ1) is 21.2. The third kappa shape index (κ3) is 4.82. The minimum atomic E-state index is -0.482. The first-order valence-electron chi connectivity index (χ1n) is 9.94. The summed E-state index contributed by atoms with van der Waals surface area (Å²) in [7, 11) is 1.60. The Labute approximate surface area is 185 Å². The molecule has 0 unspecified atom stereocenters. The largest absolute Gasteiger partial charge is 0.497 e. The van der Waals surface area contributed by atoms with Crippen LogP contribution in [-0.2, 0) is 0 Å². The summed E-state index contributed by atoms with van der Waals surface area (Å²) in [5.74, 6) is 4.01. The van der Waals surface area contributed by atoms with Crippen molar-refractivity contribution in [3.05, 3.63) is 47.5 Å². The van der Waals surface area contributed by atoms with Gasteiger partial charge >= 0.3 is 0 Å². The van der Waals surface area contributed by atoms with Crippen molar-refractivity contribution in [3.63, 3.8) is 0 Å². The molecule has 0 radical (unpaired) electrons. The van der Waals surface area contributed by atoms with E-state index in [-0.39, 0.29) is 11.1 Å². The van der Waals surface area contributed by atoms with Crippen molar-refractivity contribution in [2.75, 3.05) is 32.1 Å². The van der Waals surface area contributed by atoms with E-state index in [4.69, 9.17) is 27.5 Å². The van der Waals surface area contributed by atoms with Crippen molar-refractivity contribution in [3.8, 4) is 23.8 Å². The zero-order chi connectivity index (χ0) is 21.8. The molecular weight excluding hydrogens is 419 g/mol. The normalized spacial score (nSPS) is 14.9. The van der Waals surface area contributed by atoms with Crippen LogP contribution in [0.15, 0.2) is 36.7 Å². The molecule has 160 valence electrons. The van der Waals surface area contributed by atoms with Crippen molar-refractivity contribution < 1.29 is 13.9 Å². The van der Waals surface area contributed by atoms with Gasteiger partial charge in [-0.15, -0.1) is 6.42 Å². The monoisotopic (exact) mass is 440 g/mol. The van der Waals surface area contributed by atoms with Gasteiger partial charge in [0.05, 0.1) is 29.6 Å². The molecule has 4 rings (SSSR count). The molecule has 1 aliphatic rings. The number of likely N-dealkylation sites (tertiary alicyclic amines) is 1. The number of anilines is 2. The number of aromatic nitrogens is 2. The molecular formula is C23H22ClFN4O2. The fourth-order valence-electron chi connectivity index (χ4n) is 3.64. The molecule has 31 heavy (non-hydrogen) atoms. The first-order valence-corrected chi connectivity index (χ1v) is 10.3. The van der Waals surface area contributed by atoms with Crippen molar-refractivity contribution in [1.82, 2.24) is 14.9 Å². The lowest BCUT2D eigenvalue weighted by atomic mass is 10.1. The predicted octanol–water partition coefficient (Wildman–Crippen LogP) is 4.65. The molecule has 8 heteroatoms. The lowest BCUT2D eigenvalue weighted by molar-refractivity contribution is 0.109. The van der Waals surface area contributed by atoms with Gasteiger partial charge < -0.3 is 14.8 Å². The molecule has 2 heterocycles. The van der Waals surface area contributed by atoms with Crippen molar-refractivity contribution in [1.29, 1.82) is 0 Å². The molecule has 0 aliphatic carbocycles. The molecule has 0 saturated carbocycles. The number of hydrogen-bond acceptors (Lipinski definition) is 6. The van der Waals surface area contributed by atoms with Crippen LogP contribution in [0.2, 0.25) is 5.02 Å².